The zero-order valence-electron chi connectivity index (χ0n) is 10.1. The molecule has 0 bridgehead atoms. The van der Waals surface area contributed by atoms with E-state index in [2.05, 4.69) is 5.32 Å². The van der Waals surface area contributed by atoms with Crippen LogP contribution in [-0.4, -0.2) is 11.9 Å². The van der Waals surface area contributed by atoms with Crippen molar-refractivity contribution in [2.24, 2.45) is 5.73 Å². The maximum Gasteiger partial charge on any atom is 0.416 e. The van der Waals surface area contributed by atoms with Crippen molar-refractivity contribution in [2.75, 3.05) is 0 Å². The van der Waals surface area contributed by atoms with Crippen LogP contribution in [0.15, 0.2) is 24.3 Å². The highest BCUT2D eigenvalue weighted by molar-refractivity contribution is 5.79. The Bertz CT molecular complexity index is 414. The summed E-state index contributed by atoms with van der Waals surface area (Å²) in [4.78, 5) is 10.9. The molecular weight excluding hydrogens is 245 g/mol. The average Bonchev–Trinajstić information content (AvgIpc) is 2.27. The molecule has 0 aliphatic carbocycles. The van der Waals surface area contributed by atoms with Crippen molar-refractivity contribution in [1.29, 1.82) is 0 Å². The molecule has 0 spiro atoms. The highest BCUT2D eigenvalue weighted by atomic mass is 19.4. The lowest BCUT2D eigenvalue weighted by atomic mass is 10.1. The Hall–Kier alpha value is -1.56. The van der Waals surface area contributed by atoms with E-state index in [-0.39, 0.29) is 6.04 Å². The summed E-state index contributed by atoms with van der Waals surface area (Å²) in [7, 11) is 0. The fraction of sp³-hybridized carbons (Fsp3) is 0.417. The van der Waals surface area contributed by atoms with Crippen LogP contribution in [0.3, 0.4) is 0 Å². The van der Waals surface area contributed by atoms with Crippen LogP contribution in [0.4, 0.5) is 13.2 Å². The molecule has 0 fully saturated rings. The monoisotopic (exact) mass is 260 g/mol. The standard InChI is InChI=1S/C12H15F3N2O/c1-7(17-8(2)11(16)18)9-3-5-10(6-4-9)12(13,14)15/h3-8,17H,1-2H3,(H2,16,18). The number of carbonyl (C=O) groups is 1. The van der Waals surface area contributed by atoms with Gasteiger partial charge in [-0.2, -0.15) is 13.2 Å². The van der Waals surface area contributed by atoms with Gasteiger partial charge in [-0.3, -0.25) is 10.1 Å². The second kappa shape index (κ2) is 5.39. The second-order valence-corrected chi connectivity index (χ2v) is 4.13. The van der Waals surface area contributed by atoms with E-state index in [0.717, 1.165) is 12.1 Å². The van der Waals surface area contributed by atoms with E-state index in [9.17, 15) is 18.0 Å². The number of nitrogens with two attached hydrogens (primary N) is 1. The van der Waals surface area contributed by atoms with Gasteiger partial charge < -0.3 is 5.73 Å². The Balaban J connectivity index is 2.76. The number of alkyl halides is 3. The first-order chi connectivity index (χ1) is 8.21. The van der Waals surface area contributed by atoms with E-state index in [0.29, 0.717) is 5.56 Å². The van der Waals surface area contributed by atoms with Gasteiger partial charge in [0.15, 0.2) is 0 Å². The van der Waals surface area contributed by atoms with E-state index >= 15 is 0 Å². The third kappa shape index (κ3) is 3.73. The molecule has 18 heavy (non-hydrogen) atoms. The highest BCUT2D eigenvalue weighted by Gasteiger charge is 2.30. The molecule has 1 amide bonds. The summed E-state index contributed by atoms with van der Waals surface area (Å²) < 4.78 is 37.1. The summed E-state index contributed by atoms with van der Waals surface area (Å²) >= 11 is 0. The van der Waals surface area contributed by atoms with Crippen molar-refractivity contribution in [3.63, 3.8) is 0 Å². The van der Waals surface area contributed by atoms with E-state index in [1.54, 1.807) is 13.8 Å². The van der Waals surface area contributed by atoms with Gasteiger partial charge in [-0.15, -0.1) is 0 Å². The highest BCUT2D eigenvalue weighted by Crippen LogP contribution is 2.29. The van der Waals surface area contributed by atoms with Gasteiger partial charge in [0.1, 0.15) is 0 Å². The van der Waals surface area contributed by atoms with Crippen molar-refractivity contribution in [3.8, 4) is 0 Å². The summed E-state index contributed by atoms with van der Waals surface area (Å²) in [6.07, 6.45) is -4.34. The molecule has 0 aliphatic heterocycles. The van der Waals surface area contributed by atoms with Gasteiger partial charge in [-0.25, -0.2) is 0 Å². The lowest BCUT2D eigenvalue weighted by molar-refractivity contribution is -0.137. The predicted molar refractivity (Wildman–Crippen MR) is 61.7 cm³/mol. The van der Waals surface area contributed by atoms with Gasteiger partial charge >= 0.3 is 6.18 Å². The molecule has 0 saturated carbocycles. The Labute approximate surface area is 103 Å². The first kappa shape index (κ1) is 14.5. The minimum atomic E-state index is -4.34. The number of hydrogen-bond donors (Lipinski definition) is 2. The summed E-state index contributed by atoms with van der Waals surface area (Å²) in [5.41, 5.74) is 5.06. The zero-order chi connectivity index (χ0) is 13.9. The molecule has 0 radical (unpaired) electrons. The summed E-state index contributed by atoms with van der Waals surface area (Å²) in [6.45, 7) is 3.35. The van der Waals surface area contributed by atoms with Crippen LogP contribution in [-0.2, 0) is 11.0 Å². The molecule has 2 atom stereocenters. The molecule has 2 unspecified atom stereocenters. The number of carbonyl (C=O) groups excluding carboxylic acids is 1. The fourth-order valence-electron chi connectivity index (χ4n) is 1.51. The molecule has 0 saturated heterocycles. The third-order valence-corrected chi connectivity index (χ3v) is 2.66. The van der Waals surface area contributed by atoms with Crippen LogP contribution >= 0.6 is 0 Å². The number of hydrogen-bond acceptors (Lipinski definition) is 2. The quantitative estimate of drug-likeness (QED) is 0.872. The van der Waals surface area contributed by atoms with Crippen LogP contribution in [0.25, 0.3) is 0 Å². The fourth-order valence-corrected chi connectivity index (χ4v) is 1.51. The second-order valence-electron chi connectivity index (χ2n) is 4.13. The number of benzene rings is 1. The molecule has 1 aromatic carbocycles. The molecule has 100 valence electrons. The molecule has 0 heterocycles. The zero-order valence-corrected chi connectivity index (χ0v) is 10.1. The molecular formula is C12H15F3N2O. The number of amides is 1. The maximum atomic E-state index is 12.4. The van der Waals surface area contributed by atoms with Crippen molar-refractivity contribution in [1.82, 2.24) is 5.32 Å². The van der Waals surface area contributed by atoms with Crippen LogP contribution < -0.4 is 11.1 Å². The minimum Gasteiger partial charge on any atom is -0.368 e. The average molecular weight is 260 g/mol. The van der Waals surface area contributed by atoms with E-state index in [1.807, 2.05) is 0 Å². The Morgan fingerprint density at radius 2 is 1.72 bits per heavy atom. The third-order valence-electron chi connectivity index (χ3n) is 2.66. The molecule has 1 rings (SSSR count). The Kier molecular flexibility index (Phi) is 4.34. The van der Waals surface area contributed by atoms with Crippen LogP contribution in [0.1, 0.15) is 31.0 Å². The van der Waals surface area contributed by atoms with Gasteiger partial charge in [0.25, 0.3) is 0 Å². The summed E-state index contributed by atoms with van der Waals surface area (Å²) in [5.74, 6) is -0.506. The SMILES string of the molecule is CC(NC(C)c1ccc(C(F)(F)F)cc1)C(N)=O. The molecule has 3 nitrogen and oxygen atoms in total. The largest absolute Gasteiger partial charge is 0.416 e. The number of rotatable bonds is 4. The first-order valence-corrected chi connectivity index (χ1v) is 5.44. The van der Waals surface area contributed by atoms with E-state index < -0.39 is 23.7 Å². The van der Waals surface area contributed by atoms with Crippen LogP contribution in [0, 0.1) is 0 Å². The molecule has 1 aromatic rings. The smallest absolute Gasteiger partial charge is 0.368 e. The molecule has 0 aromatic heterocycles. The predicted octanol–water partition coefficient (Wildman–Crippen LogP) is 2.23. The van der Waals surface area contributed by atoms with Gasteiger partial charge in [0.2, 0.25) is 5.91 Å². The van der Waals surface area contributed by atoms with Crippen LogP contribution in [0.5, 0.6) is 0 Å². The lowest BCUT2D eigenvalue weighted by Crippen LogP contribution is -2.40. The Morgan fingerprint density at radius 1 is 1.22 bits per heavy atom. The summed E-state index contributed by atoms with van der Waals surface area (Å²) in [6, 6.07) is 4.00. The van der Waals surface area contributed by atoms with Crippen molar-refractivity contribution < 1.29 is 18.0 Å². The molecule has 6 heteroatoms. The van der Waals surface area contributed by atoms with Crippen molar-refractivity contribution in [3.05, 3.63) is 35.4 Å². The van der Waals surface area contributed by atoms with Gasteiger partial charge in [0.05, 0.1) is 11.6 Å². The minimum absolute atomic E-state index is 0.255. The van der Waals surface area contributed by atoms with Gasteiger partial charge in [-0.05, 0) is 31.5 Å². The Morgan fingerprint density at radius 3 is 2.11 bits per heavy atom. The lowest BCUT2D eigenvalue weighted by Gasteiger charge is -2.18. The van der Waals surface area contributed by atoms with Crippen molar-refractivity contribution in [2.45, 2.75) is 32.1 Å². The van der Waals surface area contributed by atoms with Gasteiger partial charge in [0, 0.05) is 6.04 Å². The number of primary amides is 1. The molecule has 3 N–H and O–H groups in total. The van der Waals surface area contributed by atoms with Crippen molar-refractivity contribution >= 4 is 5.91 Å². The van der Waals surface area contributed by atoms with Gasteiger partial charge in [-0.1, -0.05) is 12.1 Å². The van der Waals surface area contributed by atoms with E-state index in [1.165, 1.54) is 12.1 Å². The first-order valence-electron chi connectivity index (χ1n) is 5.44. The molecule has 0 aliphatic rings. The maximum absolute atomic E-state index is 12.4. The normalized spacial score (nSPS) is 15.2. The summed E-state index contributed by atoms with van der Waals surface area (Å²) in [5, 5.41) is 2.90. The van der Waals surface area contributed by atoms with Crippen LogP contribution in [0.2, 0.25) is 0 Å². The van der Waals surface area contributed by atoms with E-state index in [4.69, 9.17) is 5.73 Å². The number of halogens is 3. The topological polar surface area (TPSA) is 55.1 Å². The number of nitrogens with one attached hydrogen (secondary N) is 1.